The van der Waals surface area contributed by atoms with Gasteiger partial charge in [-0.15, -0.1) is 0 Å². The van der Waals surface area contributed by atoms with Crippen LogP contribution < -0.4 is 5.32 Å². The van der Waals surface area contributed by atoms with Gasteiger partial charge in [0, 0.05) is 22.6 Å². The number of rotatable bonds is 4. The van der Waals surface area contributed by atoms with E-state index in [1.165, 1.54) is 32.0 Å². The van der Waals surface area contributed by atoms with E-state index in [1.54, 1.807) is 31.2 Å². The summed E-state index contributed by atoms with van der Waals surface area (Å²) in [6, 6.07) is 18.0. The first kappa shape index (κ1) is 24.7. The lowest BCUT2D eigenvalue weighted by Gasteiger charge is -2.44. The van der Waals surface area contributed by atoms with Gasteiger partial charge in [0.2, 0.25) is 0 Å². The van der Waals surface area contributed by atoms with E-state index in [4.69, 9.17) is 8.97 Å². The fourth-order valence-electron chi connectivity index (χ4n) is 4.44. The first-order valence-corrected chi connectivity index (χ1v) is 13.4. The second-order valence-electron chi connectivity index (χ2n) is 8.63. The maximum atomic E-state index is 12.5. The van der Waals surface area contributed by atoms with Crippen LogP contribution >= 0.6 is 15.9 Å². The van der Waals surface area contributed by atoms with Gasteiger partial charge < -0.3 is 14.6 Å². The highest BCUT2D eigenvalue weighted by Gasteiger charge is 2.35. The van der Waals surface area contributed by atoms with E-state index in [9.17, 15) is 13.2 Å². The molecule has 3 aliphatic rings. The molecule has 0 saturated carbocycles. The number of furan rings is 1. The van der Waals surface area contributed by atoms with Crippen molar-refractivity contribution in [2.24, 2.45) is 5.92 Å². The Bertz CT molecular complexity index is 1250. The number of aryl methyl sites for hydroxylation is 1. The number of fused-ring (bicyclic) bond motifs is 3. The zero-order chi connectivity index (χ0) is 24.3. The largest absolute Gasteiger partial charge is 0.451 e. The highest BCUT2D eigenvalue weighted by Crippen LogP contribution is 2.28. The van der Waals surface area contributed by atoms with Crippen LogP contribution in [-0.2, 0) is 10.1 Å². The number of benzene rings is 2. The zero-order valence-corrected chi connectivity index (χ0v) is 21.2. The quantitative estimate of drug-likeness (QED) is 0.457. The van der Waals surface area contributed by atoms with Crippen LogP contribution in [0.3, 0.4) is 0 Å². The second-order valence-corrected chi connectivity index (χ2v) is 10.9. The summed E-state index contributed by atoms with van der Waals surface area (Å²) in [5.41, 5.74) is 1.52. The molecule has 0 unspecified atom stereocenters. The van der Waals surface area contributed by atoms with Crippen LogP contribution in [0.25, 0.3) is 11.3 Å². The molecular weight excluding hydrogens is 520 g/mol. The lowest BCUT2D eigenvalue weighted by atomic mass is 9.84. The first-order chi connectivity index (χ1) is 16.2. The topological polar surface area (TPSA) is 99.8 Å². The van der Waals surface area contributed by atoms with Gasteiger partial charge in [0.25, 0.3) is 16.0 Å². The molecule has 2 aromatic carbocycles. The highest BCUT2D eigenvalue weighted by atomic mass is 79.9. The number of nitrogens with one attached hydrogen (secondary N) is 1. The third-order valence-electron chi connectivity index (χ3n) is 6.30. The summed E-state index contributed by atoms with van der Waals surface area (Å²) in [6.45, 7) is 4.94. The normalized spacial score (nSPS) is 21.4. The highest BCUT2D eigenvalue weighted by molar-refractivity contribution is 9.10. The van der Waals surface area contributed by atoms with E-state index >= 15 is 0 Å². The number of carbonyl (C=O) groups is 1. The summed E-state index contributed by atoms with van der Waals surface area (Å²) in [4.78, 5) is 14.9. The van der Waals surface area contributed by atoms with Crippen LogP contribution in [0.4, 0.5) is 0 Å². The fraction of sp³-hybridized carbons (Fsp3) is 0.320. The molecule has 1 amide bonds. The number of amides is 1. The predicted molar refractivity (Wildman–Crippen MR) is 133 cm³/mol. The predicted octanol–water partition coefficient (Wildman–Crippen LogP) is 4.77. The summed E-state index contributed by atoms with van der Waals surface area (Å²) in [5.74, 6) is 1.62. The molecule has 2 bridgehead atoms. The molecule has 4 heterocycles. The average Bonchev–Trinajstić information content (AvgIpc) is 3.31. The number of hydrogen-bond donors (Lipinski definition) is 2. The monoisotopic (exact) mass is 546 g/mol. The molecule has 1 aromatic heterocycles. The van der Waals surface area contributed by atoms with Gasteiger partial charge >= 0.3 is 0 Å². The van der Waals surface area contributed by atoms with Crippen molar-refractivity contribution in [2.75, 3.05) is 19.6 Å². The second kappa shape index (κ2) is 10.4. The number of halogens is 1. The number of carbonyl (C=O) groups excluding carboxylic acids is 1. The van der Waals surface area contributed by atoms with Crippen molar-refractivity contribution in [3.8, 4) is 11.3 Å². The van der Waals surface area contributed by atoms with E-state index < -0.39 is 10.1 Å². The lowest BCUT2D eigenvalue weighted by molar-refractivity contribution is 0.0606. The van der Waals surface area contributed by atoms with Crippen molar-refractivity contribution < 1.29 is 22.2 Å². The van der Waals surface area contributed by atoms with Gasteiger partial charge in [-0.3, -0.25) is 9.35 Å². The lowest BCUT2D eigenvalue weighted by Crippen LogP contribution is -2.57. The van der Waals surface area contributed by atoms with E-state index in [0.717, 1.165) is 22.3 Å². The van der Waals surface area contributed by atoms with Crippen molar-refractivity contribution >= 4 is 32.0 Å². The summed E-state index contributed by atoms with van der Waals surface area (Å²) < 4.78 is 36.6. The Balaban J connectivity index is 0.000000210. The molecule has 9 heteroatoms. The van der Waals surface area contributed by atoms with Crippen LogP contribution in [0.2, 0.25) is 0 Å². The minimum Gasteiger partial charge on any atom is -0.451 e. The molecule has 2 N–H and O–H groups in total. The molecule has 34 heavy (non-hydrogen) atoms. The number of hydrogen-bond acceptors (Lipinski definition) is 5. The van der Waals surface area contributed by atoms with E-state index in [1.807, 2.05) is 30.3 Å². The molecule has 3 fully saturated rings. The Labute approximate surface area is 208 Å². The molecule has 3 saturated heterocycles. The zero-order valence-electron chi connectivity index (χ0n) is 18.8. The first-order valence-electron chi connectivity index (χ1n) is 11.1. The van der Waals surface area contributed by atoms with E-state index in [0.29, 0.717) is 17.2 Å². The van der Waals surface area contributed by atoms with E-state index in [2.05, 4.69) is 26.1 Å². The van der Waals surface area contributed by atoms with Gasteiger partial charge in [-0.25, -0.2) is 0 Å². The molecule has 0 spiro atoms. The van der Waals surface area contributed by atoms with Crippen molar-refractivity contribution in [3.05, 3.63) is 76.5 Å². The Morgan fingerprint density at radius 2 is 1.74 bits per heavy atom. The Morgan fingerprint density at radius 1 is 1.06 bits per heavy atom. The number of nitrogens with zero attached hydrogens (tertiary/aromatic N) is 1. The van der Waals surface area contributed by atoms with Crippen LogP contribution in [0, 0.1) is 12.8 Å². The molecule has 6 rings (SSSR count). The van der Waals surface area contributed by atoms with E-state index in [-0.39, 0.29) is 16.8 Å². The minimum absolute atomic E-state index is 0.0278. The van der Waals surface area contributed by atoms with Gasteiger partial charge in [-0.05, 0) is 74.7 Å². The van der Waals surface area contributed by atoms with Crippen molar-refractivity contribution in [1.29, 1.82) is 0 Å². The van der Waals surface area contributed by atoms with Gasteiger partial charge in [0.05, 0.1) is 4.90 Å². The molecule has 0 aliphatic carbocycles. The SMILES string of the molecule is Cc1ccccc1S(=O)(=O)O.O=C(N[C@H]1CN2CCC1CC2)c1ccc(-c2ccc(Br)cc2)o1. The summed E-state index contributed by atoms with van der Waals surface area (Å²) in [6.07, 6.45) is 2.38. The minimum atomic E-state index is -4.03. The van der Waals surface area contributed by atoms with Crippen LogP contribution in [-0.4, -0.2) is 49.5 Å². The van der Waals surface area contributed by atoms with Crippen LogP contribution in [0.1, 0.15) is 29.0 Å². The summed E-state index contributed by atoms with van der Waals surface area (Å²) >= 11 is 3.42. The number of piperidine rings is 3. The molecule has 0 radical (unpaired) electrons. The van der Waals surface area contributed by atoms with Gasteiger partial charge in [-0.2, -0.15) is 8.42 Å². The average molecular weight is 547 g/mol. The Kier molecular flexibility index (Phi) is 7.57. The van der Waals surface area contributed by atoms with Crippen molar-refractivity contribution in [1.82, 2.24) is 10.2 Å². The third kappa shape index (κ3) is 5.96. The Hall–Kier alpha value is -2.46. The van der Waals surface area contributed by atoms with Crippen LogP contribution in [0.5, 0.6) is 0 Å². The van der Waals surface area contributed by atoms with Crippen molar-refractivity contribution in [3.63, 3.8) is 0 Å². The molecular formula is C25H27BrN2O5S. The summed E-state index contributed by atoms with van der Waals surface area (Å²) in [5, 5.41) is 3.16. The van der Waals surface area contributed by atoms with Gasteiger partial charge in [-0.1, -0.05) is 46.3 Å². The Morgan fingerprint density at radius 3 is 2.29 bits per heavy atom. The fourth-order valence-corrected chi connectivity index (χ4v) is 5.43. The maximum absolute atomic E-state index is 12.5. The van der Waals surface area contributed by atoms with Crippen molar-refractivity contribution in [2.45, 2.75) is 30.7 Å². The molecule has 7 nitrogen and oxygen atoms in total. The molecule has 3 aliphatic heterocycles. The maximum Gasteiger partial charge on any atom is 0.294 e. The summed E-state index contributed by atoms with van der Waals surface area (Å²) in [7, 11) is -4.03. The van der Waals surface area contributed by atoms with Gasteiger partial charge in [0.15, 0.2) is 5.76 Å². The third-order valence-corrected chi connectivity index (χ3v) is 7.85. The van der Waals surface area contributed by atoms with Gasteiger partial charge in [0.1, 0.15) is 5.76 Å². The smallest absolute Gasteiger partial charge is 0.294 e. The van der Waals surface area contributed by atoms with Crippen LogP contribution in [0.15, 0.2) is 74.4 Å². The molecule has 3 aromatic rings. The standard InChI is InChI=1S/C18H19BrN2O2.C7H8O3S/c19-14-3-1-13(2-4-14)16-5-6-17(23-16)18(22)20-15-11-21-9-7-12(15)8-10-21;1-6-4-2-3-5-7(6)11(8,9)10/h1-6,12,15H,7-11H2,(H,20,22);2-5H,1H3,(H,8,9,10)/t15-;/m0./s1. The molecule has 1 atom stereocenters. The molecule has 180 valence electrons.